The average molecular weight is 434 g/mol. The van der Waals surface area contributed by atoms with Gasteiger partial charge < -0.3 is 5.32 Å². The fraction of sp³-hybridized carbons (Fsp3) is 0.792. The van der Waals surface area contributed by atoms with Crippen molar-refractivity contribution >= 4 is 23.3 Å². The summed E-state index contributed by atoms with van der Waals surface area (Å²) < 4.78 is 3.05. The minimum absolute atomic E-state index is 0.0367. The molecule has 2 aliphatic carbocycles. The van der Waals surface area contributed by atoms with Crippen LogP contribution in [0.1, 0.15) is 92.6 Å². The summed E-state index contributed by atoms with van der Waals surface area (Å²) in [4.78, 5) is 31.0. The van der Waals surface area contributed by atoms with E-state index in [1.165, 1.54) is 0 Å². The van der Waals surface area contributed by atoms with Crippen LogP contribution in [-0.2, 0) is 21.5 Å². The highest BCUT2D eigenvalue weighted by Crippen LogP contribution is 2.56. The quantitative estimate of drug-likeness (QED) is 0.701. The highest BCUT2D eigenvalue weighted by atomic mass is 32.1. The normalized spacial score (nSPS) is 26.8. The number of carbonyl (C=O) groups is 2. The van der Waals surface area contributed by atoms with Crippen LogP contribution in [0.25, 0.3) is 0 Å². The van der Waals surface area contributed by atoms with E-state index < -0.39 is 10.8 Å². The summed E-state index contributed by atoms with van der Waals surface area (Å²) >= 11 is 1.58. The van der Waals surface area contributed by atoms with Gasteiger partial charge in [0.2, 0.25) is 5.91 Å². The molecule has 1 N–H and O–H groups in total. The predicted molar refractivity (Wildman–Crippen MR) is 122 cm³/mol. The number of nitrogens with one attached hydrogen (secondary N) is 1. The minimum Gasteiger partial charge on any atom is -0.353 e. The molecule has 2 atom stereocenters. The van der Waals surface area contributed by atoms with Crippen LogP contribution in [0.4, 0.5) is 0 Å². The maximum atomic E-state index is 13.5. The zero-order valence-electron chi connectivity index (χ0n) is 19.8. The Bertz CT molecular complexity index is 870. The Hall–Kier alpha value is -1.43. The third-order valence-electron chi connectivity index (χ3n) is 7.34. The highest BCUT2D eigenvalue weighted by molar-refractivity contribution is 7.04. The van der Waals surface area contributed by atoms with Gasteiger partial charge in [0.25, 0.3) is 5.91 Å². The number of rotatable bonds is 6. The van der Waals surface area contributed by atoms with Gasteiger partial charge in [0.05, 0.1) is 5.41 Å². The fourth-order valence-corrected chi connectivity index (χ4v) is 5.46. The van der Waals surface area contributed by atoms with Gasteiger partial charge in [-0.05, 0) is 76.2 Å². The second-order valence-electron chi connectivity index (χ2n) is 11.0. The third kappa shape index (κ3) is 4.44. The Morgan fingerprint density at radius 3 is 2.47 bits per heavy atom. The van der Waals surface area contributed by atoms with Crippen molar-refractivity contribution in [2.24, 2.45) is 21.7 Å². The molecule has 0 aliphatic heterocycles. The molecule has 2 aliphatic rings. The molecule has 2 fully saturated rings. The van der Waals surface area contributed by atoms with E-state index in [4.69, 9.17) is 0 Å². The molecule has 0 aromatic carbocycles. The summed E-state index contributed by atoms with van der Waals surface area (Å²) in [6.07, 6.45) is 8.92. The van der Waals surface area contributed by atoms with Crippen LogP contribution in [-0.4, -0.2) is 21.8 Å². The number of unbranched alkanes of at least 4 members (excludes halogenated alkanes) is 1. The number of amides is 2. The zero-order chi connectivity index (χ0) is 22.3. The number of aryl methyl sites for hydroxylation is 1. The topological polar surface area (TPSA) is 63.5 Å². The van der Waals surface area contributed by atoms with Crippen molar-refractivity contribution < 1.29 is 9.59 Å². The molecule has 6 heteroatoms. The van der Waals surface area contributed by atoms with E-state index in [0.29, 0.717) is 12.5 Å². The van der Waals surface area contributed by atoms with Crippen LogP contribution in [0.15, 0.2) is 11.2 Å². The predicted octanol–water partition coefficient (Wildman–Crippen LogP) is 4.80. The van der Waals surface area contributed by atoms with Gasteiger partial charge in [0.1, 0.15) is 4.67 Å². The molecule has 0 radical (unpaired) electrons. The summed E-state index contributed by atoms with van der Waals surface area (Å²) in [6.45, 7) is 14.9. The number of carbonyl (C=O) groups excluding carboxylic acids is 2. The Morgan fingerprint density at radius 1 is 1.23 bits per heavy atom. The SMILES string of the molecule is CCCCc1cn(C(C)(C)C)sc1=NC(=O)[C@]1(C)CC[C@H](C(=O)NC2CC2)C1(C)C. The van der Waals surface area contributed by atoms with Gasteiger partial charge in [-0.1, -0.05) is 34.1 Å². The zero-order valence-corrected chi connectivity index (χ0v) is 20.6. The maximum Gasteiger partial charge on any atom is 0.253 e. The first-order chi connectivity index (χ1) is 13.9. The van der Waals surface area contributed by atoms with Crippen molar-refractivity contribution in [3.63, 3.8) is 0 Å². The van der Waals surface area contributed by atoms with Crippen LogP contribution in [0, 0.1) is 16.7 Å². The third-order valence-corrected chi connectivity index (χ3v) is 8.71. The fourth-order valence-electron chi connectivity index (χ4n) is 4.42. The van der Waals surface area contributed by atoms with Gasteiger partial charge >= 0.3 is 0 Å². The van der Waals surface area contributed by atoms with Crippen molar-refractivity contribution in [2.45, 2.75) is 105 Å². The van der Waals surface area contributed by atoms with E-state index in [2.05, 4.69) is 62.0 Å². The number of hydrogen-bond acceptors (Lipinski definition) is 3. The summed E-state index contributed by atoms with van der Waals surface area (Å²) in [5.41, 5.74) is 0.0720. The first-order valence-corrected chi connectivity index (χ1v) is 12.3. The smallest absolute Gasteiger partial charge is 0.253 e. The number of hydrogen-bond donors (Lipinski definition) is 1. The molecule has 1 aromatic rings. The highest BCUT2D eigenvalue weighted by Gasteiger charge is 2.58. The number of aromatic nitrogens is 1. The van der Waals surface area contributed by atoms with E-state index in [0.717, 1.165) is 48.8 Å². The molecule has 0 saturated heterocycles. The molecule has 0 spiro atoms. The molecule has 3 rings (SSSR count). The summed E-state index contributed by atoms with van der Waals surface area (Å²) in [7, 11) is 0. The number of nitrogens with zero attached hydrogens (tertiary/aromatic N) is 2. The lowest BCUT2D eigenvalue weighted by Crippen LogP contribution is -2.45. The van der Waals surface area contributed by atoms with Crippen LogP contribution in [0.3, 0.4) is 0 Å². The minimum atomic E-state index is -0.628. The maximum absolute atomic E-state index is 13.5. The second kappa shape index (κ2) is 8.25. The van der Waals surface area contributed by atoms with E-state index >= 15 is 0 Å². The first kappa shape index (κ1) is 23.2. The molecule has 2 saturated carbocycles. The van der Waals surface area contributed by atoms with Crippen LogP contribution in [0.5, 0.6) is 0 Å². The molecule has 1 heterocycles. The van der Waals surface area contributed by atoms with Gasteiger partial charge in [0, 0.05) is 29.3 Å². The molecule has 0 unspecified atom stereocenters. The lowest BCUT2D eigenvalue weighted by Gasteiger charge is -2.38. The van der Waals surface area contributed by atoms with E-state index in [-0.39, 0.29) is 23.3 Å². The Labute approximate surface area is 185 Å². The molecule has 168 valence electrons. The molecular weight excluding hydrogens is 394 g/mol. The summed E-state index contributed by atoms with van der Waals surface area (Å²) in [5, 5.41) is 3.15. The molecule has 5 nitrogen and oxygen atoms in total. The summed E-state index contributed by atoms with van der Waals surface area (Å²) in [6, 6.07) is 0.348. The van der Waals surface area contributed by atoms with Crippen molar-refractivity contribution in [3.05, 3.63) is 16.4 Å². The standard InChI is InChI=1S/C24H39N3O2S/c1-8-9-10-16-15-27(22(2,3)4)30-20(16)26-21(29)24(7)14-13-18(23(24,5)6)19(28)25-17-11-12-17/h15,17-18H,8-14H2,1-7H3,(H,25,28)/t18-,24+/m1/s1. The molecular formula is C24H39N3O2S. The lowest BCUT2D eigenvalue weighted by molar-refractivity contribution is -0.136. The molecule has 30 heavy (non-hydrogen) atoms. The average Bonchev–Trinajstić information content (AvgIpc) is 3.29. The Kier molecular flexibility index (Phi) is 6.39. The lowest BCUT2D eigenvalue weighted by atomic mass is 9.65. The monoisotopic (exact) mass is 433 g/mol. The van der Waals surface area contributed by atoms with Crippen molar-refractivity contribution in [2.75, 3.05) is 0 Å². The van der Waals surface area contributed by atoms with Crippen molar-refractivity contribution in [3.8, 4) is 0 Å². The van der Waals surface area contributed by atoms with E-state index in [1.54, 1.807) is 11.5 Å². The van der Waals surface area contributed by atoms with Crippen LogP contribution in [0.2, 0.25) is 0 Å². The van der Waals surface area contributed by atoms with Gasteiger partial charge in [-0.2, -0.15) is 0 Å². The largest absolute Gasteiger partial charge is 0.353 e. The summed E-state index contributed by atoms with van der Waals surface area (Å²) in [5.74, 6) is -0.0936. The Morgan fingerprint density at radius 2 is 1.90 bits per heavy atom. The second-order valence-corrected chi connectivity index (χ2v) is 12.0. The van der Waals surface area contributed by atoms with E-state index in [9.17, 15) is 9.59 Å². The first-order valence-electron chi connectivity index (χ1n) is 11.5. The van der Waals surface area contributed by atoms with E-state index in [1.807, 2.05) is 6.92 Å². The van der Waals surface area contributed by atoms with Gasteiger partial charge in [-0.15, -0.1) is 0 Å². The Balaban J connectivity index is 1.90. The van der Waals surface area contributed by atoms with Crippen molar-refractivity contribution in [1.29, 1.82) is 0 Å². The van der Waals surface area contributed by atoms with Crippen molar-refractivity contribution in [1.82, 2.24) is 9.27 Å². The van der Waals surface area contributed by atoms with Gasteiger partial charge in [0.15, 0.2) is 0 Å². The van der Waals surface area contributed by atoms with Gasteiger partial charge in [-0.3, -0.25) is 13.5 Å². The van der Waals surface area contributed by atoms with Gasteiger partial charge in [-0.25, -0.2) is 4.99 Å². The molecule has 1 aromatic heterocycles. The van der Waals surface area contributed by atoms with Crippen LogP contribution >= 0.6 is 11.5 Å². The molecule has 2 amide bonds. The molecule has 0 bridgehead atoms. The van der Waals surface area contributed by atoms with Crippen LogP contribution < -0.4 is 9.99 Å².